The van der Waals surface area contributed by atoms with Gasteiger partial charge >= 0.3 is 6.03 Å². The molecule has 8 heteroatoms. The van der Waals surface area contributed by atoms with E-state index in [0.29, 0.717) is 38.5 Å². The Kier molecular flexibility index (Phi) is 5.71. The van der Waals surface area contributed by atoms with E-state index in [1.807, 2.05) is 0 Å². The summed E-state index contributed by atoms with van der Waals surface area (Å²) in [5, 5.41) is 2.95. The third-order valence-electron chi connectivity index (χ3n) is 4.39. The summed E-state index contributed by atoms with van der Waals surface area (Å²) < 4.78 is 10.4. The highest BCUT2D eigenvalue weighted by Gasteiger charge is 2.25. The van der Waals surface area contributed by atoms with E-state index in [1.54, 1.807) is 21.9 Å². The summed E-state index contributed by atoms with van der Waals surface area (Å²) in [5.41, 5.74) is 0. The Balaban J connectivity index is 1.36. The van der Waals surface area contributed by atoms with E-state index >= 15 is 0 Å². The van der Waals surface area contributed by atoms with E-state index in [1.165, 1.54) is 6.26 Å². The minimum absolute atomic E-state index is 0.0617. The number of amides is 3. The van der Waals surface area contributed by atoms with Crippen LogP contribution in [-0.2, 0) is 4.74 Å². The zero-order valence-corrected chi connectivity index (χ0v) is 13.8. The van der Waals surface area contributed by atoms with Crippen LogP contribution >= 0.6 is 0 Å². The molecule has 0 bridgehead atoms. The molecule has 0 spiro atoms. The lowest BCUT2D eigenvalue weighted by Gasteiger charge is -2.34. The molecule has 2 aliphatic rings. The Labute approximate surface area is 141 Å². The highest BCUT2D eigenvalue weighted by Crippen LogP contribution is 2.09. The van der Waals surface area contributed by atoms with Crippen molar-refractivity contribution in [2.45, 2.75) is 0 Å². The molecule has 0 unspecified atom stereocenters. The van der Waals surface area contributed by atoms with Crippen LogP contribution in [0.25, 0.3) is 0 Å². The van der Waals surface area contributed by atoms with Gasteiger partial charge in [0.25, 0.3) is 5.91 Å². The van der Waals surface area contributed by atoms with Crippen molar-refractivity contribution < 1.29 is 18.7 Å². The molecule has 1 aromatic rings. The van der Waals surface area contributed by atoms with Crippen molar-refractivity contribution in [3.8, 4) is 0 Å². The summed E-state index contributed by atoms with van der Waals surface area (Å²) in [6.07, 6.45) is 1.49. The van der Waals surface area contributed by atoms with Crippen molar-refractivity contribution in [3.63, 3.8) is 0 Å². The van der Waals surface area contributed by atoms with E-state index in [4.69, 9.17) is 9.15 Å². The van der Waals surface area contributed by atoms with Crippen LogP contribution in [0.2, 0.25) is 0 Å². The maximum absolute atomic E-state index is 12.2. The smallest absolute Gasteiger partial charge is 0.317 e. The number of hydrogen-bond acceptors (Lipinski definition) is 5. The van der Waals surface area contributed by atoms with Gasteiger partial charge in [-0.3, -0.25) is 9.69 Å². The molecule has 0 aromatic carbocycles. The predicted molar refractivity (Wildman–Crippen MR) is 86.8 cm³/mol. The summed E-state index contributed by atoms with van der Waals surface area (Å²) in [6, 6.07) is 3.30. The standard InChI is InChI=1S/C16H24N4O4/c21-15(14-2-1-11-24-14)19-5-7-20(8-6-19)16(22)17-3-4-18-9-12-23-13-10-18/h1-2,11H,3-10,12-13H2,(H,17,22). The van der Waals surface area contributed by atoms with Gasteiger partial charge in [0.05, 0.1) is 19.5 Å². The summed E-state index contributed by atoms with van der Waals surface area (Å²) in [5.74, 6) is 0.228. The van der Waals surface area contributed by atoms with Crippen LogP contribution in [0, 0.1) is 0 Å². The summed E-state index contributed by atoms with van der Waals surface area (Å²) in [6.45, 7) is 6.96. The fourth-order valence-corrected chi connectivity index (χ4v) is 2.93. The van der Waals surface area contributed by atoms with Gasteiger partial charge < -0.3 is 24.3 Å². The lowest BCUT2D eigenvalue weighted by molar-refractivity contribution is 0.0384. The second-order valence-electron chi connectivity index (χ2n) is 5.94. The Bertz CT molecular complexity index is 534. The lowest BCUT2D eigenvalue weighted by Crippen LogP contribution is -2.54. The van der Waals surface area contributed by atoms with Crippen LogP contribution in [0.3, 0.4) is 0 Å². The van der Waals surface area contributed by atoms with Crippen LogP contribution in [0.1, 0.15) is 10.6 Å². The van der Waals surface area contributed by atoms with E-state index in [9.17, 15) is 9.59 Å². The van der Waals surface area contributed by atoms with Crippen molar-refractivity contribution >= 4 is 11.9 Å². The first-order chi connectivity index (χ1) is 11.7. The zero-order chi connectivity index (χ0) is 16.8. The van der Waals surface area contributed by atoms with Crippen molar-refractivity contribution in [1.29, 1.82) is 0 Å². The normalized spacial score (nSPS) is 19.3. The maximum Gasteiger partial charge on any atom is 0.317 e. The molecule has 0 atom stereocenters. The molecule has 2 saturated heterocycles. The number of rotatable bonds is 4. The van der Waals surface area contributed by atoms with Crippen LogP contribution in [0.4, 0.5) is 4.79 Å². The van der Waals surface area contributed by atoms with Gasteiger partial charge in [0, 0.05) is 52.4 Å². The first-order valence-corrected chi connectivity index (χ1v) is 8.40. The first kappa shape index (κ1) is 16.8. The quantitative estimate of drug-likeness (QED) is 0.842. The molecule has 1 aromatic heterocycles. The van der Waals surface area contributed by atoms with Crippen LogP contribution < -0.4 is 5.32 Å². The van der Waals surface area contributed by atoms with Crippen molar-refractivity contribution in [3.05, 3.63) is 24.2 Å². The van der Waals surface area contributed by atoms with Crippen molar-refractivity contribution in [2.24, 2.45) is 0 Å². The molecule has 3 amide bonds. The largest absolute Gasteiger partial charge is 0.459 e. The van der Waals surface area contributed by atoms with Gasteiger partial charge in [-0.15, -0.1) is 0 Å². The first-order valence-electron chi connectivity index (χ1n) is 8.40. The number of piperazine rings is 1. The number of carbonyl (C=O) groups excluding carboxylic acids is 2. The van der Waals surface area contributed by atoms with E-state index in [0.717, 1.165) is 32.8 Å². The van der Waals surface area contributed by atoms with Crippen LogP contribution in [0.5, 0.6) is 0 Å². The topological polar surface area (TPSA) is 78.3 Å². The number of nitrogens with one attached hydrogen (secondary N) is 1. The van der Waals surface area contributed by atoms with Crippen molar-refractivity contribution in [2.75, 3.05) is 65.6 Å². The minimum Gasteiger partial charge on any atom is -0.459 e. The number of morpholine rings is 1. The van der Waals surface area contributed by atoms with Crippen LogP contribution in [-0.4, -0.2) is 92.2 Å². The molecule has 0 aliphatic carbocycles. The zero-order valence-electron chi connectivity index (χ0n) is 13.8. The molecule has 0 radical (unpaired) electrons. The molecule has 2 aliphatic heterocycles. The highest BCUT2D eigenvalue weighted by atomic mass is 16.5. The Morgan fingerprint density at radius 2 is 1.75 bits per heavy atom. The molecule has 2 fully saturated rings. The monoisotopic (exact) mass is 336 g/mol. The average molecular weight is 336 g/mol. The second kappa shape index (κ2) is 8.16. The number of carbonyl (C=O) groups is 2. The van der Waals surface area contributed by atoms with E-state index in [-0.39, 0.29) is 11.9 Å². The van der Waals surface area contributed by atoms with E-state index in [2.05, 4.69) is 10.2 Å². The van der Waals surface area contributed by atoms with Gasteiger partial charge in [0.2, 0.25) is 0 Å². The second-order valence-corrected chi connectivity index (χ2v) is 5.94. The number of ether oxygens (including phenoxy) is 1. The molecule has 132 valence electrons. The fourth-order valence-electron chi connectivity index (χ4n) is 2.93. The SMILES string of the molecule is O=C(NCCN1CCOCC1)N1CCN(C(=O)c2ccco2)CC1. The molecular weight excluding hydrogens is 312 g/mol. The Morgan fingerprint density at radius 3 is 2.42 bits per heavy atom. The minimum atomic E-state index is -0.118. The lowest BCUT2D eigenvalue weighted by atomic mass is 10.3. The van der Waals surface area contributed by atoms with Gasteiger partial charge in [-0.25, -0.2) is 4.79 Å². The third-order valence-corrected chi connectivity index (χ3v) is 4.39. The predicted octanol–water partition coefficient (Wildman–Crippen LogP) is 0.0792. The third kappa shape index (κ3) is 4.27. The summed E-state index contributed by atoms with van der Waals surface area (Å²) >= 11 is 0. The molecule has 1 N–H and O–H groups in total. The van der Waals surface area contributed by atoms with Gasteiger partial charge in [-0.1, -0.05) is 0 Å². The average Bonchev–Trinajstić information content (AvgIpc) is 3.17. The van der Waals surface area contributed by atoms with Gasteiger partial charge in [-0.05, 0) is 12.1 Å². The van der Waals surface area contributed by atoms with Gasteiger partial charge in [0.15, 0.2) is 5.76 Å². The molecule has 8 nitrogen and oxygen atoms in total. The van der Waals surface area contributed by atoms with E-state index < -0.39 is 0 Å². The number of hydrogen-bond donors (Lipinski definition) is 1. The highest BCUT2D eigenvalue weighted by molar-refractivity contribution is 5.91. The maximum atomic E-state index is 12.2. The van der Waals surface area contributed by atoms with Gasteiger partial charge in [-0.2, -0.15) is 0 Å². The molecule has 3 rings (SSSR count). The molecule has 24 heavy (non-hydrogen) atoms. The molecular formula is C16H24N4O4. The van der Waals surface area contributed by atoms with Gasteiger partial charge in [0.1, 0.15) is 0 Å². The summed E-state index contributed by atoms with van der Waals surface area (Å²) in [7, 11) is 0. The number of nitrogens with zero attached hydrogens (tertiary/aromatic N) is 3. The fraction of sp³-hybridized carbons (Fsp3) is 0.625. The Hall–Kier alpha value is -2.06. The number of urea groups is 1. The Morgan fingerprint density at radius 1 is 1.04 bits per heavy atom. The molecule has 3 heterocycles. The number of furan rings is 1. The van der Waals surface area contributed by atoms with Crippen molar-refractivity contribution in [1.82, 2.24) is 20.0 Å². The summed E-state index contributed by atoms with van der Waals surface area (Å²) in [4.78, 5) is 30.1. The molecule has 0 saturated carbocycles. The van der Waals surface area contributed by atoms with Crippen LogP contribution in [0.15, 0.2) is 22.8 Å².